The van der Waals surface area contributed by atoms with Gasteiger partial charge in [-0.15, -0.1) is 0 Å². The van der Waals surface area contributed by atoms with Crippen LogP contribution in [0.3, 0.4) is 0 Å². The van der Waals surface area contributed by atoms with Crippen LogP contribution in [0.25, 0.3) is 0 Å². The standard InChI is InChI=1S/C24H38O5/c1-7-27-23(26)21(14-15-22-24(5,6)29-22)13-9-12-18(2)10-8-11-19(3)16-17-28-20(4)25/h10,13,16,22H,7-9,11-12,14-15,17H2,1-6H3/b18-10+,19-16-,21-13+. The van der Waals surface area contributed by atoms with E-state index in [0.717, 1.165) is 37.7 Å². The Labute approximate surface area is 176 Å². The highest BCUT2D eigenvalue weighted by atomic mass is 16.6. The summed E-state index contributed by atoms with van der Waals surface area (Å²) in [5, 5.41) is 0. The van der Waals surface area contributed by atoms with Crippen LogP contribution in [0.4, 0.5) is 0 Å². The minimum Gasteiger partial charge on any atom is -0.463 e. The Morgan fingerprint density at radius 3 is 2.07 bits per heavy atom. The molecule has 1 atom stereocenters. The van der Waals surface area contributed by atoms with Gasteiger partial charge < -0.3 is 14.2 Å². The third-order valence-corrected chi connectivity index (χ3v) is 5.06. The molecule has 5 heteroatoms. The summed E-state index contributed by atoms with van der Waals surface area (Å²) in [5.74, 6) is -0.463. The maximum Gasteiger partial charge on any atom is 0.333 e. The molecule has 1 rings (SSSR count). The lowest BCUT2D eigenvalue weighted by Gasteiger charge is -2.07. The van der Waals surface area contributed by atoms with Gasteiger partial charge in [-0.25, -0.2) is 4.79 Å². The molecule has 0 saturated carbocycles. The van der Waals surface area contributed by atoms with Crippen molar-refractivity contribution in [3.8, 4) is 0 Å². The lowest BCUT2D eigenvalue weighted by molar-refractivity contribution is -0.140. The maximum atomic E-state index is 12.2. The quantitative estimate of drug-likeness (QED) is 0.176. The Balaban J connectivity index is 2.42. The zero-order valence-electron chi connectivity index (χ0n) is 19.0. The predicted octanol–water partition coefficient (Wildman–Crippen LogP) is 5.45. The Hall–Kier alpha value is -1.88. The average molecular weight is 407 g/mol. The zero-order chi connectivity index (χ0) is 21.9. The fourth-order valence-corrected chi connectivity index (χ4v) is 3.06. The van der Waals surface area contributed by atoms with Crippen LogP contribution < -0.4 is 0 Å². The molecular formula is C24H38O5. The van der Waals surface area contributed by atoms with Crippen molar-refractivity contribution in [2.45, 2.75) is 91.8 Å². The number of carbonyl (C=O) groups is 2. The van der Waals surface area contributed by atoms with Gasteiger partial charge in [-0.3, -0.25) is 4.79 Å². The third-order valence-electron chi connectivity index (χ3n) is 5.06. The van der Waals surface area contributed by atoms with E-state index in [-0.39, 0.29) is 23.6 Å². The summed E-state index contributed by atoms with van der Waals surface area (Å²) < 4.78 is 15.7. The van der Waals surface area contributed by atoms with E-state index in [1.807, 2.05) is 26.0 Å². The summed E-state index contributed by atoms with van der Waals surface area (Å²) in [6.07, 6.45) is 11.6. The molecule has 164 valence electrons. The molecule has 0 bridgehead atoms. The van der Waals surface area contributed by atoms with Crippen LogP contribution in [-0.2, 0) is 23.8 Å². The molecule has 0 aromatic carbocycles. The smallest absolute Gasteiger partial charge is 0.333 e. The van der Waals surface area contributed by atoms with E-state index in [4.69, 9.17) is 14.2 Å². The molecule has 1 unspecified atom stereocenters. The van der Waals surface area contributed by atoms with Crippen molar-refractivity contribution in [3.05, 3.63) is 34.9 Å². The molecule has 0 aromatic rings. The molecule has 1 aliphatic rings. The van der Waals surface area contributed by atoms with Crippen LogP contribution in [-0.4, -0.2) is 36.9 Å². The van der Waals surface area contributed by atoms with Gasteiger partial charge in [-0.05, 0) is 79.2 Å². The van der Waals surface area contributed by atoms with Gasteiger partial charge in [0, 0.05) is 12.5 Å². The van der Waals surface area contributed by atoms with E-state index >= 15 is 0 Å². The molecule has 1 aliphatic heterocycles. The number of rotatable bonds is 13. The fourth-order valence-electron chi connectivity index (χ4n) is 3.06. The Kier molecular flexibility index (Phi) is 11.0. The van der Waals surface area contributed by atoms with Crippen molar-refractivity contribution in [1.29, 1.82) is 0 Å². The summed E-state index contributed by atoms with van der Waals surface area (Å²) >= 11 is 0. The molecule has 29 heavy (non-hydrogen) atoms. The first-order chi connectivity index (χ1) is 13.7. The fraction of sp³-hybridized carbons (Fsp3) is 0.667. The van der Waals surface area contributed by atoms with E-state index in [9.17, 15) is 9.59 Å². The molecule has 0 spiro atoms. The lowest BCUT2D eigenvalue weighted by atomic mass is 10.0. The van der Waals surface area contributed by atoms with Crippen LogP contribution in [0.2, 0.25) is 0 Å². The van der Waals surface area contributed by atoms with Crippen LogP contribution in [0.15, 0.2) is 34.9 Å². The molecule has 5 nitrogen and oxygen atoms in total. The monoisotopic (exact) mass is 406 g/mol. The molecule has 0 aliphatic carbocycles. The SMILES string of the molecule is CCOC(=O)/C(=C/CC/C(C)=C/CC/C(C)=C\COC(C)=O)CCC1OC1(C)C. The molecule has 1 saturated heterocycles. The first kappa shape index (κ1) is 25.2. The number of carbonyl (C=O) groups excluding carboxylic acids is 2. The minimum absolute atomic E-state index is 0.0517. The van der Waals surface area contributed by atoms with Gasteiger partial charge in [0.2, 0.25) is 0 Å². The van der Waals surface area contributed by atoms with E-state index in [0.29, 0.717) is 19.6 Å². The topological polar surface area (TPSA) is 65.1 Å². The summed E-state index contributed by atoms with van der Waals surface area (Å²) in [7, 11) is 0. The van der Waals surface area contributed by atoms with E-state index < -0.39 is 0 Å². The average Bonchev–Trinajstić information content (AvgIpc) is 3.24. The summed E-state index contributed by atoms with van der Waals surface area (Å²) in [6.45, 7) is 12.3. The van der Waals surface area contributed by atoms with Crippen molar-refractivity contribution >= 4 is 11.9 Å². The summed E-state index contributed by atoms with van der Waals surface area (Å²) in [6, 6.07) is 0. The minimum atomic E-state index is -0.256. The molecule has 0 N–H and O–H groups in total. The number of hydrogen-bond donors (Lipinski definition) is 0. The molecular weight excluding hydrogens is 368 g/mol. The zero-order valence-corrected chi connectivity index (χ0v) is 19.0. The van der Waals surface area contributed by atoms with Crippen molar-refractivity contribution < 1.29 is 23.8 Å². The van der Waals surface area contributed by atoms with Crippen LogP contribution in [0.1, 0.15) is 80.1 Å². The number of hydrogen-bond acceptors (Lipinski definition) is 5. The van der Waals surface area contributed by atoms with E-state index in [1.165, 1.54) is 18.1 Å². The van der Waals surface area contributed by atoms with Crippen LogP contribution in [0, 0.1) is 0 Å². The number of esters is 2. The largest absolute Gasteiger partial charge is 0.463 e. The first-order valence-corrected chi connectivity index (χ1v) is 10.6. The number of allylic oxidation sites excluding steroid dienone is 4. The second kappa shape index (κ2) is 12.6. The van der Waals surface area contributed by atoms with E-state index in [1.54, 1.807) is 0 Å². The second-order valence-corrected chi connectivity index (χ2v) is 8.18. The molecule has 0 aromatic heterocycles. The van der Waals surface area contributed by atoms with Gasteiger partial charge in [-0.2, -0.15) is 0 Å². The summed E-state index contributed by atoms with van der Waals surface area (Å²) in [4.78, 5) is 23.0. The van der Waals surface area contributed by atoms with Crippen LogP contribution in [0.5, 0.6) is 0 Å². The lowest BCUT2D eigenvalue weighted by Crippen LogP contribution is -2.10. The maximum absolute atomic E-state index is 12.2. The van der Waals surface area contributed by atoms with Gasteiger partial charge in [0.25, 0.3) is 0 Å². The van der Waals surface area contributed by atoms with Crippen molar-refractivity contribution in [2.24, 2.45) is 0 Å². The molecule has 1 heterocycles. The first-order valence-electron chi connectivity index (χ1n) is 10.6. The van der Waals surface area contributed by atoms with Gasteiger partial charge in [0.05, 0.1) is 18.3 Å². The van der Waals surface area contributed by atoms with Gasteiger partial charge in [-0.1, -0.05) is 23.3 Å². The highest BCUT2D eigenvalue weighted by molar-refractivity contribution is 5.88. The molecule has 1 fully saturated rings. The Morgan fingerprint density at radius 1 is 0.931 bits per heavy atom. The van der Waals surface area contributed by atoms with Crippen molar-refractivity contribution in [2.75, 3.05) is 13.2 Å². The Bertz CT molecular complexity index is 640. The Morgan fingerprint density at radius 2 is 1.52 bits per heavy atom. The van der Waals surface area contributed by atoms with E-state index in [2.05, 4.69) is 26.8 Å². The number of epoxide rings is 1. The predicted molar refractivity (Wildman–Crippen MR) is 116 cm³/mol. The highest BCUT2D eigenvalue weighted by Gasteiger charge is 2.47. The van der Waals surface area contributed by atoms with Gasteiger partial charge in [0.1, 0.15) is 6.61 Å². The van der Waals surface area contributed by atoms with Crippen molar-refractivity contribution in [3.63, 3.8) is 0 Å². The van der Waals surface area contributed by atoms with Crippen molar-refractivity contribution in [1.82, 2.24) is 0 Å². The molecule has 0 radical (unpaired) electrons. The van der Waals surface area contributed by atoms with Gasteiger partial charge >= 0.3 is 11.9 Å². The molecule has 0 amide bonds. The highest BCUT2D eigenvalue weighted by Crippen LogP contribution is 2.39. The normalized spacial score (nSPS) is 19.1. The van der Waals surface area contributed by atoms with Gasteiger partial charge in [0.15, 0.2) is 0 Å². The van der Waals surface area contributed by atoms with Crippen LogP contribution >= 0.6 is 0 Å². The number of ether oxygens (including phenoxy) is 3. The third kappa shape index (κ3) is 11.0. The summed E-state index contributed by atoms with van der Waals surface area (Å²) in [5.41, 5.74) is 3.23. The second-order valence-electron chi connectivity index (χ2n) is 8.18.